The van der Waals surface area contributed by atoms with Crippen molar-refractivity contribution >= 4 is 5.78 Å². The fourth-order valence-electron chi connectivity index (χ4n) is 2.54. The van der Waals surface area contributed by atoms with Crippen LogP contribution in [-0.2, 0) is 4.79 Å². The molecule has 1 N–H and O–H groups in total. The molecule has 1 aliphatic heterocycles. The van der Waals surface area contributed by atoms with Crippen LogP contribution < -0.4 is 5.32 Å². The van der Waals surface area contributed by atoms with Gasteiger partial charge in [-0.05, 0) is 13.0 Å². The molecule has 14 heavy (non-hydrogen) atoms. The Bertz CT molecular complexity index is 354. The van der Waals surface area contributed by atoms with Crippen LogP contribution in [0.25, 0.3) is 0 Å². The number of carbonyl (C=O) groups is 1. The average molecular weight is 190 g/mol. The van der Waals surface area contributed by atoms with E-state index in [0.717, 1.165) is 19.5 Å². The summed E-state index contributed by atoms with van der Waals surface area (Å²) in [4.78, 5) is 11.9. The van der Waals surface area contributed by atoms with E-state index < -0.39 is 5.41 Å². The molecule has 74 valence electrons. The normalized spacial score (nSPS) is 34.6. The van der Waals surface area contributed by atoms with Gasteiger partial charge in [-0.1, -0.05) is 19.9 Å². The average Bonchev–Trinajstić information content (AvgIpc) is 2.68. The molecule has 0 aromatic rings. The first-order valence-electron chi connectivity index (χ1n) is 4.92. The summed E-state index contributed by atoms with van der Waals surface area (Å²) in [5.41, 5.74) is -0.185. The predicted molar refractivity (Wildman–Crippen MR) is 52.4 cm³/mol. The van der Waals surface area contributed by atoms with E-state index in [2.05, 4.69) is 5.32 Å². The molecule has 0 radical (unpaired) electrons. The molecule has 1 aliphatic carbocycles. The van der Waals surface area contributed by atoms with Gasteiger partial charge in [0.25, 0.3) is 0 Å². The second kappa shape index (κ2) is 2.68. The van der Waals surface area contributed by atoms with E-state index in [1.165, 1.54) is 0 Å². The summed E-state index contributed by atoms with van der Waals surface area (Å²) < 4.78 is 0. The molecule has 0 aromatic carbocycles. The molecule has 0 aromatic heterocycles. The maximum Gasteiger partial charge on any atom is 0.179 e. The van der Waals surface area contributed by atoms with Crippen molar-refractivity contribution in [1.82, 2.24) is 5.32 Å². The highest BCUT2D eigenvalue weighted by molar-refractivity contribution is 6.06. The second-order valence-electron chi connectivity index (χ2n) is 4.71. The molecule has 1 saturated heterocycles. The van der Waals surface area contributed by atoms with Crippen molar-refractivity contribution in [1.29, 1.82) is 5.26 Å². The van der Waals surface area contributed by atoms with Crippen LogP contribution in [0, 0.1) is 22.2 Å². The highest BCUT2D eigenvalue weighted by Gasteiger charge is 2.55. The van der Waals surface area contributed by atoms with E-state index >= 15 is 0 Å². The van der Waals surface area contributed by atoms with Crippen LogP contribution in [0.4, 0.5) is 0 Å². The van der Waals surface area contributed by atoms with Crippen molar-refractivity contribution in [2.24, 2.45) is 10.8 Å². The van der Waals surface area contributed by atoms with Crippen LogP contribution >= 0.6 is 0 Å². The van der Waals surface area contributed by atoms with Crippen LogP contribution in [0.5, 0.6) is 0 Å². The third-order valence-electron chi connectivity index (χ3n) is 3.79. The lowest BCUT2D eigenvalue weighted by molar-refractivity contribution is -0.125. The van der Waals surface area contributed by atoms with Crippen molar-refractivity contribution in [3.63, 3.8) is 0 Å². The molecular weight excluding hydrogens is 176 g/mol. The van der Waals surface area contributed by atoms with Gasteiger partial charge in [0.15, 0.2) is 5.78 Å². The fraction of sp³-hybridized carbons (Fsp3) is 0.636. The summed E-state index contributed by atoms with van der Waals surface area (Å²) in [6, 6.07) is 2.00. The van der Waals surface area contributed by atoms with Gasteiger partial charge in [-0.15, -0.1) is 0 Å². The third-order valence-corrected chi connectivity index (χ3v) is 3.79. The van der Waals surface area contributed by atoms with E-state index in [4.69, 9.17) is 5.26 Å². The van der Waals surface area contributed by atoms with Crippen molar-refractivity contribution in [3.05, 3.63) is 11.6 Å². The Balaban J connectivity index is 2.49. The molecule has 1 atom stereocenters. The number of Topliss-reactive ketones (excluding diaryl/α,β-unsaturated/α-hetero) is 1. The lowest BCUT2D eigenvalue weighted by Gasteiger charge is -2.35. The first-order valence-corrected chi connectivity index (χ1v) is 4.92. The van der Waals surface area contributed by atoms with Gasteiger partial charge >= 0.3 is 0 Å². The molecular formula is C11H14N2O. The van der Waals surface area contributed by atoms with Gasteiger partial charge in [0.05, 0.1) is 5.57 Å². The topological polar surface area (TPSA) is 52.9 Å². The summed E-state index contributed by atoms with van der Waals surface area (Å²) in [6.45, 7) is 5.65. The summed E-state index contributed by atoms with van der Waals surface area (Å²) in [5.74, 6) is 0.00343. The number of rotatable bonds is 0. The Morgan fingerprint density at radius 1 is 1.57 bits per heavy atom. The van der Waals surface area contributed by atoms with Crippen molar-refractivity contribution in [2.75, 3.05) is 13.1 Å². The number of carbonyl (C=O) groups excluding carboxylic acids is 1. The van der Waals surface area contributed by atoms with Gasteiger partial charge in [0.2, 0.25) is 0 Å². The molecule has 3 heteroatoms. The fourth-order valence-corrected chi connectivity index (χ4v) is 2.54. The smallest absolute Gasteiger partial charge is 0.179 e. The number of ketones is 1. The van der Waals surface area contributed by atoms with E-state index in [9.17, 15) is 4.79 Å². The van der Waals surface area contributed by atoms with Crippen molar-refractivity contribution in [2.45, 2.75) is 20.3 Å². The highest BCUT2D eigenvalue weighted by Crippen LogP contribution is 2.51. The van der Waals surface area contributed by atoms with Crippen LogP contribution in [0.15, 0.2) is 11.6 Å². The molecule has 1 fully saturated rings. The molecule has 0 bridgehead atoms. The summed E-state index contributed by atoms with van der Waals surface area (Å²) in [7, 11) is 0. The van der Waals surface area contributed by atoms with Gasteiger partial charge in [0, 0.05) is 17.4 Å². The Hall–Kier alpha value is -1.14. The zero-order chi connectivity index (χ0) is 10.4. The Labute approximate surface area is 83.8 Å². The molecule has 3 nitrogen and oxygen atoms in total. The van der Waals surface area contributed by atoms with Crippen molar-refractivity contribution in [3.8, 4) is 6.07 Å². The maximum atomic E-state index is 11.9. The van der Waals surface area contributed by atoms with E-state index in [1.54, 1.807) is 0 Å². The molecule has 2 aliphatic rings. The zero-order valence-electron chi connectivity index (χ0n) is 8.55. The van der Waals surface area contributed by atoms with Crippen molar-refractivity contribution < 1.29 is 4.79 Å². The van der Waals surface area contributed by atoms with Crippen LogP contribution in [0.1, 0.15) is 20.3 Å². The molecule has 1 unspecified atom stereocenters. The molecule has 1 heterocycles. The van der Waals surface area contributed by atoms with Crippen LogP contribution in [-0.4, -0.2) is 18.9 Å². The van der Waals surface area contributed by atoms with Gasteiger partial charge in [0.1, 0.15) is 6.07 Å². The van der Waals surface area contributed by atoms with E-state index in [-0.39, 0.29) is 11.2 Å². The summed E-state index contributed by atoms with van der Waals surface area (Å²) in [6.07, 6.45) is 2.84. The number of nitrogens with one attached hydrogen (secondary N) is 1. The van der Waals surface area contributed by atoms with Gasteiger partial charge in [-0.3, -0.25) is 4.79 Å². The Morgan fingerprint density at radius 3 is 2.71 bits per heavy atom. The minimum atomic E-state index is -0.415. The number of nitrogens with zero attached hydrogens (tertiary/aromatic N) is 1. The first kappa shape index (κ1) is 9.42. The highest BCUT2D eigenvalue weighted by atomic mass is 16.1. The zero-order valence-corrected chi connectivity index (χ0v) is 8.55. The van der Waals surface area contributed by atoms with Crippen LogP contribution in [0.3, 0.4) is 0 Å². The summed E-state index contributed by atoms with van der Waals surface area (Å²) in [5, 5.41) is 12.1. The number of allylic oxidation sites excluding steroid dienone is 1. The van der Waals surface area contributed by atoms with Crippen LogP contribution in [0.2, 0.25) is 0 Å². The SMILES string of the molecule is CC1(C)C(=O)C(C#N)=CC12CCNC2. The van der Waals surface area contributed by atoms with E-state index in [1.807, 2.05) is 26.0 Å². The van der Waals surface area contributed by atoms with Gasteiger partial charge in [-0.2, -0.15) is 5.26 Å². The molecule has 1 spiro atoms. The quantitative estimate of drug-likeness (QED) is 0.620. The van der Waals surface area contributed by atoms with Gasteiger partial charge in [-0.25, -0.2) is 0 Å². The number of hydrogen-bond donors (Lipinski definition) is 1. The molecule has 2 rings (SSSR count). The largest absolute Gasteiger partial charge is 0.316 e. The minimum Gasteiger partial charge on any atom is -0.316 e. The molecule has 0 amide bonds. The maximum absolute atomic E-state index is 11.9. The predicted octanol–water partition coefficient (Wildman–Crippen LogP) is 1.02. The third kappa shape index (κ3) is 0.921. The standard InChI is InChI=1S/C11H14N2O/c1-10(2)9(14)8(6-12)5-11(10)3-4-13-7-11/h5,13H,3-4,7H2,1-2H3. The number of nitriles is 1. The monoisotopic (exact) mass is 190 g/mol. The number of hydrogen-bond acceptors (Lipinski definition) is 3. The summed E-state index contributed by atoms with van der Waals surface area (Å²) >= 11 is 0. The van der Waals surface area contributed by atoms with E-state index in [0.29, 0.717) is 5.57 Å². The Kier molecular flexibility index (Phi) is 1.80. The second-order valence-corrected chi connectivity index (χ2v) is 4.71. The lowest BCUT2D eigenvalue weighted by Crippen LogP contribution is -2.39. The lowest BCUT2D eigenvalue weighted by atomic mass is 9.67. The Morgan fingerprint density at radius 2 is 2.29 bits per heavy atom. The minimum absolute atomic E-state index is 0.00343. The van der Waals surface area contributed by atoms with Gasteiger partial charge < -0.3 is 5.32 Å². The first-order chi connectivity index (χ1) is 6.53. The molecule has 0 saturated carbocycles.